The Bertz CT molecular complexity index is 2510. The smallest absolute Gasteiger partial charge is 0.0567 e. The van der Waals surface area contributed by atoms with Crippen molar-refractivity contribution in [3.63, 3.8) is 0 Å². The Morgan fingerprint density at radius 1 is 0.471 bits per heavy atom. The van der Waals surface area contributed by atoms with Crippen LogP contribution in [0.5, 0.6) is 0 Å². The second-order valence-corrected chi connectivity index (χ2v) is 13.5. The molecule has 1 unspecified atom stereocenters. The predicted octanol–water partition coefficient (Wildman–Crippen LogP) is 13.3. The van der Waals surface area contributed by atoms with Gasteiger partial charge in [-0.1, -0.05) is 146 Å². The van der Waals surface area contributed by atoms with Crippen molar-refractivity contribution in [2.45, 2.75) is 12.3 Å². The maximum absolute atomic E-state index is 2.43. The lowest BCUT2D eigenvalue weighted by Gasteiger charge is -2.31. The van der Waals surface area contributed by atoms with E-state index in [0.29, 0.717) is 5.92 Å². The molecule has 0 aromatic heterocycles. The highest BCUT2D eigenvalue weighted by molar-refractivity contribution is 6.12. The summed E-state index contributed by atoms with van der Waals surface area (Å²) in [5.41, 5.74) is 9.73. The van der Waals surface area contributed by atoms with Crippen LogP contribution in [0.4, 0.5) is 22.7 Å². The van der Waals surface area contributed by atoms with E-state index in [9.17, 15) is 0 Å². The molecule has 0 radical (unpaired) electrons. The van der Waals surface area contributed by atoms with Crippen LogP contribution in [0.3, 0.4) is 0 Å². The second kappa shape index (κ2) is 13.2. The van der Waals surface area contributed by atoms with Crippen molar-refractivity contribution in [1.29, 1.82) is 0 Å². The van der Waals surface area contributed by atoms with Gasteiger partial charge in [0.15, 0.2) is 0 Å². The highest BCUT2D eigenvalue weighted by atomic mass is 15.1. The first kappa shape index (κ1) is 30.7. The highest BCUT2D eigenvalue weighted by Gasteiger charge is 2.21. The largest absolute Gasteiger partial charge is 0.344 e. The standard InChI is InChI=1S/C49H38N2/c1-50(49-47-20-9-7-16-41(47)32-42-17-8-10-21-48(42)49)43-27-22-37(23-28-43)38-24-29-44(30-25-38)51(46-31-26-36-14-5-6-15-39(36)34-46)45-19-11-18-40(33-45)35-12-3-2-4-13-35/h2-32,34,40H,33H2,1H3. The van der Waals surface area contributed by atoms with Crippen LogP contribution in [-0.2, 0) is 0 Å². The zero-order valence-corrected chi connectivity index (χ0v) is 28.7. The molecule has 1 atom stereocenters. The fourth-order valence-electron chi connectivity index (χ4n) is 7.71. The summed E-state index contributed by atoms with van der Waals surface area (Å²) in [7, 11) is 2.18. The van der Waals surface area contributed by atoms with E-state index in [4.69, 9.17) is 0 Å². The average Bonchev–Trinajstić information content (AvgIpc) is 3.20. The molecule has 0 heterocycles. The van der Waals surface area contributed by atoms with Gasteiger partial charge >= 0.3 is 0 Å². The Balaban J connectivity index is 1.04. The monoisotopic (exact) mass is 654 g/mol. The van der Waals surface area contributed by atoms with Crippen molar-refractivity contribution < 1.29 is 0 Å². The number of nitrogens with zero attached hydrogens (tertiary/aromatic N) is 2. The van der Waals surface area contributed by atoms with E-state index in [1.165, 1.54) is 66.1 Å². The number of allylic oxidation sites excluding steroid dienone is 4. The molecule has 0 amide bonds. The zero-order chi connectivity index (χ0) is 34.1. The van der Waals surface area contributed by atoms with Gasteiger partial charge in [0.25, 0.3) is 0 Å². The quantitative estimate of drug-likeness (QED) is 0.158. The molecule has 0 aliphatic heterocycles. The summed E-state index contributed by atoms with van der Waals surface area (Å²) in [5.74, 6) is 0.330. The SMILES string of the molecule is CN(c1ccc(-c2ccc(N(C3=CC=CC(c4ccccc4)C3)c3ccc4ccccc4c3)cc2)cc1)c1c2ccccc2cc2ccccc12. The van der Waals surface area contributed by atoms with Crippen molar-refractivity contribution in [1.82, 2.24) is 0 Å². The van der Waals surface area contributed by atoms with E-state index in [0.717, 1.165) is 17.8 Å². The molecule has 0 saturated heterocycles. The van der Waals surface area contributed by atoms with Gasteiger partial charge in [0.05, 0.1) is 5.69 Å². The summed E-state index contributed by atoms with van der Waals surface area (Å²) in [4.78, 5) is 4.76. The maximum Gasteiger partial charge on any atom is 0.0567 e. The lowest BCUT2D eigenvalue weighted by atomic mass is 9.90. The molecule has 51 heavy (non-hydrogen) atoms. The van der Waals surface area contributed by atoms with E-state index in [1.807, 2.05) is 0 Å². The third-order valence-corrected chi connectivity index (χ3v) is 10.4. The Labute approximate surface area is 299 Å². The average molecular weight is 655 g/mol. The Morgan fingerprint density at radius 2 is 1.02 bits per heavy atom. The lowest BCUT2D eigenvalue weighted by molar-refractivity contribution is 0.794. The summed E-state index contributed by atoms with van der Waals surface area (Å²) in [6, 6.07) is 63.9. The molecule has 0 N–H and O–H groups in total. The molecule has 9 rings (SSSR count). The summed E-state index contributed by atoms with van der Waals surface area (Å²) >= 11 is 0. The number of fused-ring (bicyclic) bond motifs is 3. The maximum atomic E-state index is 2.43. The molecule has 8 aromatic carbocycles. The van der Waals surface area contributed by atoms with E-state index in [-0.39, 0.29) is 0 Å². The second-order valence-electron chi connectivity index (χ2n) is 13.5. The van der Waals surface area contributed by atoms with Crippen LogP contribution in [0.2, 0.25) is 0 Å². The van der Waals surface area contributed by atoms with Gasteiger partial charge in [-0.25, -0.2) is 0 Å². The van der Waals surface area contributed by atoms with E-state index in [2.05, 4.69) is 211 Å². The Hall–Kier alpha value is -6.38. The summed E-state index contributed by atoms with van der Waals surface area (Å²) in [5, 5.41) is 7.51. The first-order valence-electron chi connectivity index (χ1n) is 17.8. The van der Waals surface area contributed by atoms with Crippen LogP contribution in [0.1, 0.15) is 17.9 Å². The van der Waals surface area contributed by atoms with Gasteiger partial charge in [-0.05, 0) is 93.2 Å². The molecule has 2 nitrogen and oxygen atoms in total. The fraction of sp³-hybridized carbons (Fsp3) is 0.0612. The van der Waals surface area contributed by atoms with Crippen molar-refractivity contribution in [3.05, 3.63) is 205 Å². The van der Waals surface area contributed by atoms with E-state index in [1.54, 1.807) is 0 Å². The number of rotatable bonds is 7. The minimum atomic E-state index is 0.330. The third kappa shape index (κ3) is 5.85. The highest BCUT2D eigenvalue weighted by Crippen LogP contribution is 2.41. The minimum Gasteiger partial charge on any atom is -0.344 e. The molecule has 0 saturated carbocycles. The molecular weight excluding hydrogens is 617 g/mol. The molecule has 0 fully saturated rings. The van der Waals surface area contributed by atoms with Crippen LogP contribution < -0.4 is 9.80 Å². The summed E-state index contributed by atoms with van der Waals surface area (Å²) in [6.07, 6.45) is 7.75. The summed E-state index contributed by atoms with van der Waals surface area (Å²) in [6.45, 7) is 0. The van der Waals surface area contributed by atoms with Crippen LogP contribution >= 0.6 is 0 Å². The fourth-order valence-corrected chi connectivity index (χ4v) is 7.71. The molecule has 1 aliphatic carbocycles. The Morgan fingerprint density at radius 3 is 1.69 bits per heavy atom. The van der Waals surface area contributed by atoms with E-state index >= 15 is 0 Å². The topological polar surface area (TPSA) is 6.48 Å². The molecule has 8 aromatic rings. The Kier molecular flexibility index (Phi) is 7.91. The molecular formula is C49H38N2. The van der Waals surface area contributed by atoms with Crippen LogP contribution in [0.25, 0.3) is 43.4 Å². The minimum absolute atomic E-state index is 0.330. The predicted molar refractivity (Wildman–Crippen MR) is 219 cm³/mol. The third-order valence-electron chi connectivity index (χ3n) is 10.4. The molecule has 244 valence electrons. The summed E-state index contributed by atoms with van der Waals surface area (Å²) < 4.78 is 0. The number of hydrogen-bond acceptors (Lipinski definition) is 2. The van der Waals surface area contributed by atoms with Crippen molar-refractivity contribution in [2.75, 3.05) is 16.8 Å². The molecule has 0 spiro atoms. The first-order chi connectivity index (χ1) is 25.2. The first-order valence-corrected chi connectivity index (χ1v) is 17.8. The molecule has 1 aliphatic rings. The van der Waals surface area contributed by atoms with Crippen LogP contribution in [-0.4, -0.2) is 7.05 Å². The number of anilines is 4. The van der Waals surface area contributed by atoms with Gasteiger partial charge < -0.3 is 9.80 Å². The van der Waals surface area contributed by atoms with Crippen molar-refractivity contribution in [2.24, 2.45) is 0 Å². The van der Waals surface area contributed by atoms with Gasteiger partial charge in [0, 0.05) is 46.5 Å². The number of benzene rings is 8. The molecule has 0 bridgehead atoms. The number of hydrogen-bond donors (Lipinski definition) is 0. The zero-order valence-electron chi connectivity index (χ0n) is 28.7. The van der Waals surface area contributed by atoms with Gasteiger partial charge in [0.2, 0.25) is 0 Å². The van der Waals surface area contributed by atoms with E-state index < -0.39 is 0 Å². The van der Waals surface area contributed by atoms with Gasteiger partial charge in [-0.2, -0.15) is 0 Å². The lowest BCUT2D eigenvalue weighted by Crippen LogP contribution is -2.19. The van der Waals surface area contributed by atoms with Crippen LogP contribution in [0, 0.1) is 0 Å². The van der Waals surface area contributed by atoms with Gasteiger partial charge in [-0.3, -0.25) is 0 Å². The van der Waals surface area contributed by atoms with Gasteiger partial charge in [0.1, 0.15) is 0 Å². The van der Waals surface area contributed by atoms with Crippen LogP contribution in [0.15, 0.2) is 200 Å². The van der Waals surface area contributed by atoms with Crippen molar-refractivity contribution >= 4 is 55.1 Å². The van der Waals surface area contributed by atoms with Crippen molar-refractivity contribution in [3.8, 4) is 11.1 Å². The molecule has 2 heteroatoms. The normalized spacial score (nSPS) is 14.1. The van der Waals surface area contributed by atoms with Gasteiger partial charge in [-0.15, -0.1) is 0 Å².